The van der Waals surface area contributed by atoms with Crippen molar-refractivity contribution in [3.63, 3.8) is 0 Å². The van der Waals surface area contributed by atoms with Crippen LogP contribution in [0.2, 0.25) is 0 Å². The van der Waals surface area contributed by atoms with E-state index in [1.807, 2.05) is 0 Å². The highest BCUT2D eigenvalue weighted by molar-refractivity contribution is 5.81. The number of nitrogens with one attached hydrogen (secondary N) is 1. The summed E-state index contributed by atoms with van der Waals surface area (Å²) in [5.41, 5.74) is -0.285. The predicted octanol–water partition coefficient (Wildman–Crippen LogP) is -0.815. The van der Waals surface area contributed by atoms with E-state index >= 15 is 0 Å². The van der Waals surface area contributed by atoms with Gasteiger partial charge >= 0.3 is 5.69 Å². The van der Waals surface area contributed by atoms with E-state index < -0.39 is 0 Å². The smallest absolute Gasteiger partial charge is 0.330 e. The Morgan fingerprint density at radius 1 is 1.38 bits per heavy atom. The molecule has 0 bridgehead atoms. The van der Waals surface area contributed by atoms with Crippen LogP contribution in [0.15, 0.2) is 15.8 Å². The van der Waals surface area contributed by atoms with Crippen LogP contribution in [0.3, 0.4) is 0 Å². The van der Waals surface area contributed by atoms with Gasteiger partial charge in [0.2, 0.25) is 5.91 Å². The molecule has 1 aromatic heterocycles. The molecule has 1 saturated heterocycles. The van der Waals surface area contributed by atoms with Gasteiger partial charge in [0.15, 0.2) is 0 Å². The third-order valence-corrected chi connectivity index (χ3v) is 3.91. The first-order chi connectivity index (χ1) is 9.91. The van der Waals surface area contributed by atoms with E-state index in [9.17, 15) is 14.4 Å². The van der Waals surface area contributed by atoms with Crippen molar-refractivity contribution in [2.24, 2.45) is 14.1 Å². The van der Waals surface area contributed by atoms with E-state index in [4.69, 9.17) is 0 Å². The normalized spacial score (nSPS) is 18.5. The van der Waals surface area contributed by atoms with Crippen LogP contribution in [0.1, 0.15) is 24.8 Å². The summed E-state index contributed by atoms with van der Waals surface area (Å²) >= 11 is 0. The molecule has 1 amide bonds. The Morgan fingerprint density at radius 2 is 2.10 bits per heavy atom. The van der Waals surface area contributed by atoms with Crippen molar-refractivity contribution < 1.29 is 4.79 Å². The minimum Gasteiger partial charge on any atom is -0.340 e. The van der Waals surface area contributed by atoms with Crippen LogP contribution < -0.4 is 16.6 Å². The lowest BCUT2D eigenvalue weighted by molar-refractivity contribution is -0.133. The van der Waals surface area contributed by atoms with Crippen LogP contribution in [0.4, 0.5) is 0 Å². The van der Waals surface area contributed by atoms with Crippen LogP contribution in [0.5, 0.6) is 0 Å². The lowest BCUT2D eigenvalue weighted by atomic mass is 10.0. The zero-order valence-corrected chi connectivity index (χ0v) is 12.8. The monoisotopic (exact) mass is 294 g/mol. The van der Waals surface area contributed by atoms with Gasteiger partial charge in [0, 0.05) is 27.3 Å². The molecule has 1 atom stereocenters. The van der Waals surface area contributed by atoms with Gasteiger partial charge in [-0.2, -0.15) is 0 Å². The highest BCUT2D eigenvalue weighted by atomic mass is 16.2. The average Bonchev–Trinajstić information content (AvgIpc) is 2.50. The third-order valence-electron chi connectivity index (χ3n) is 3.91. The van der Waals surface area contributed by atoms with Gasteiger partial charge in [-0.1, -0.05) is 6.42 Å². The topological polar surface area (TPSA) is 76.3 Å². The molecule has 0 spiro atoms. The number of carbonyl (C=O) groups is 1. The van der Waals surface area contributed by atoms with Crippen molar-refractivity contribution in [3.8, 4) is 0 Å². The number of hydrogen-bond acceptors (Lipinski definition) is 4. The van der Waals surface area contributed by atoms with Gasteiger partial charge < -0.3 is 14.8 Å². The minimum atomic E-state index is -0.369. The molecule has 2 heterocycles. The van der Waals surface area contributed by atoms with E-state index in [2.05, 4.69) is 5.32 Å². The van der Waals surface area contributed by atoms with Crippen molar-refractivity contribution in [2.45, 2.75) is 31.8 Å². The Hall–Kier alpha value is -1.89. The molecule has 1 N–H and O–H groups in total. The molecule has 1 fully saturated rings. The molecule has 1 aliphatic rings. The average molecular weight is 294 g/mol. The maximum absolute atomic E-state index is 12.3. The van der Waals surface area contributed by atoms with Crippen LogP contribution >= 0.6 is 0 Å². The largest absolute Gasteiger partial charge is 0.340 e. The third kappa shape index (κ3) is 3.24. The van der Waals surface area contributed by atoms with Gasteiger partial charge in [-0.05, 0) is 19.4 Å². The van der Waals surface area contributed by atoms with E-state index in [1.54, 1.807) is 19.0 Å². The minimum absolute atomic E-state index is 0.00870. The fraction of sp³-hybridized carbons (Fsp3) is 0.643. The number of nitrogens with zero attached hydrogens (tertiary/aromatic N) is 3. The molecule has 7 heteroatoms. The molecule has 7 nitrogen and oxygen atoms in total. The molecule has 21 heavy (non-hydrogen) atoms. The van der Waals surface area contributed by atoms with Gasteiger partial charge in [0.1, 0.15) is 0 Å². The van der Waals surface area contributed by atoms with Crippen molar-refractivity contribution in [2.75, 3.05) is 13.6 Å². The highest BCUT2D eigenvalue weighted by Crippen LogP contribution is 2.10. The van der Waals surface area contributed by atoms with E-state index in [-0.39, 0.29) is 29.7 Å². The van der Waals surface area contributed by atoms with E-state index in [0.717, 1.165) is 30.4 Å². The molecule has 1 aromatic rings. The summed E-state index contributed by atoms with van der Waals surface area (Å²) in [6.07, 6.45) is 4.46. The highest BCUT2D eigenvalue weighted by Gasteiger charge is 2.24. The first kappa shape index (κ1) is 15.5. The van der Waals surface area contributed by atoms with E-state index in [1.165, 1.54) is 17.8 Å². The van der Waals surface area contributed by atoms with Gasteiger partial charge in [0.05, 0.1) is 18.2 Å². The number of carbonyl (C=O) groups excluding carboxylic acids is 1. The van der Waals surface area contributed by atoms with Crippen molar-refractivity contribution in [3.05, 3.63) is 32.6 Å². The summed E-state index contributed by atoms with van der Waals surface area (Å²) < 4.78 is 2.42. The molecule has 0 aliphatic carbocycles. The molecule has 0 radical (unpaired) electrons. The summed E-state index contributed by atoms with van der Waals surface area (Å²) in [5, 5.41) is 3.20. The first-order valence-corrected chi connectivity index (χ1v) is 7.15. The molecule has 1 aliphatic heterocycles. The Bertz CT molecular complexity index is 641. The summed E-state index contributed by atoms with van der Waals surface area (Å²) in [4.78, 5) is 37.6. The molecule has 2 rings (SSSR count). The van der Waals surface area contributed by atoms with E-state index in [0.29, 0.717) is 5.56 Å². The number of hydrogen-bond donors (Lipinski definition) is 1. The summed E-state index contributed by atoms with van der Waals surface area (Å²) in [7, 11) is 4.72. The molecule has 0 aromatic carbocycles. The Balaban J connectivity index is 2.16. The number of aryl methyl sites for hydroxylation is 1. The standard InChI is InChI=1S/C14H22N4O3/c1-16(13(20)11-6-4-5-7-15-11)8-10-9-17(2)14(21)18(3)12(10)19/h9,11,15H,4-8H2,1-3H3/t11-/m0/s1. The molecular formula is C14H22N4O3. The second-order valence-electron chi connectivity index (χ2n) is 5.61. The first-order valence-electron chi connectivity index (χ1n) is 7.15. The molecule has 0 unspecified atom stereocenters. The zero-order chi connectivity index (χ0) is 15.6. The number of amides is 1. The number of rotatable bonds is 3. The maximum Gasteiger partial charge on any atom is 0.330 e. The molecule has 116 valence electrons. The van der Waals surface area contributed by atoms with Crippen LogP contribution in [-0.4, -0.2) is 39.6 Å². The number of aromatic nitrogens is 2. The Morgan fingerprint density at radius 3 is 2.71 bits per heavy atom. The lowest BCUT2D eigenvalue weighted by Crippen LogP contribution is -2.48. The summed E-state index contributed by atoms with van der Waals surface area (Å²) in [6.45, 7) is 1.06. The fourth-order valence-corrected chi connectivity index (χ4v) is 2.65. The fourth-order valence-electron chi connectivity index (χ4n) is 2.65. The van der Waals surface area contributed by atoms with Crippen molar-refractivity contribution in [1.29, 1.82) is 0 Å². The van der Waals surface area contributed by atoms with Crippen molar-refractivity contribution in [1.82, 2.24) is 19.4 Å². The predicted molar refractivity (Wildman–Crippen MR) is 79.0 cm³/mol. The van der Waals surface area contributed by atoms with Gasteiger partial charge in [0.25, 0.3) is 5.56 Å². The number of likely N-dealkylation sites (N-methyl/N-ethyl adjacent to an activating group) is 1. The molecular weight excluding hydrogens is 272 g/mol. The van der Waals surface area contributed by atoms with Crippen LogP contribution in [-0.2, 0) is 25.4 Å². The van der Waals surface area contributed by atoms with Crippen LogP contribution in [0, 0.1) is 0 Å². The van der Waals surface area contributed by atoms with Gasteiger partial charge in [-0.3, -0.25) is 14.2 Å². The SMILES string of the molecule is CN(Cc1cn(C)c(=O)n(C)c1=O)C(=O)[C@@H]1CCCCN1. The summed E-state index contributed by atoms with van der Waals surface area (Å²) in [6, 6.07) is -0.167. The lowest BCUT2D eigenvalue weighted by Gasteiger charge is -2.27. The van der Waals surface area contributed by atoms with Crippen molar-refractivity contribution >= 4 is 5.91 Å². The van der Waals surface area contributed by atoms with Gasteiger partial charge in [-0.15, -0.1) is 0 Å². The molecule has 0 saturated carbocycles. The van der Waals surface area contributed by atoms with Gasteiger partial charge in [-0.25, -0.2) is 4.79 Å². The van der Waals surface area contributed by atoms with Crippen LogP contribution in [0.25, 0.3) is 0 Å². The summed E-state index contributed by atoms with van der Waals surface area (Å²) in [5.74, 6) is -0.00870. The zero-order valence-electron chi connectivity index (χ0n) is 12.8. The Labute approximate surface area is 123 Å². The quantitative estimate of drug-likeness (QED) is 0.790. The Kier molecular flexibility index (Phi) is 4.62. The second kappa shape index (κ2) is 6.26. The number of piperidine rings is 1. The maximum atomic E-state index is 12.3. The second-order valence-corrected chi connectivity index (χ2v) is 5.61.